The summed E-state index contributed by atoms with van der Waals surface area (Å²) in [5.41, 5.74) is 0.877. The molecule has 76 valence electrons. The smallest absolute Gasteiger partial charge is 0.306 e. The van der Waals surface area contributed by atoms with Crippen LogP contribution in [0.2, 0.25) is 5.15 Å². The van der Waals surface area contributed by atoms with Crippen molar-refractivity contribution in [3.63, 3.8) is 0 Å². The van der Waals surface area contributed by atoms with Gasteiger partial charge >= 0.3 is 5.97 Å². The highest BCUT2D eigenvalue weighted by atomic mass is 35.5. The molecule has 0 bridgehead atoms. The zero-order valence-electron chi connectivity index (χ0n) is 8.00. The molecular formula is C10H12ClNO2. The number of carbonyl (C=O) groups excluding carboxylic acids is 1. The normalized spacial score (nSPS) is 9.86. The molecule has 1 aromatic rings. The molecule has 0 aromatic carbocycles. The molecule has 0 unspecified atom stereocenters. The minimum Gasteiger partial charge on any atom is -0.466 e. The summed E-state index contributed by atoms with van der Waals surface area (Å²) in [6.07, 6.45) is 2.54. The van der Waals surface area contributed by atoms with Crippen LogP contribution in [0, 0.1) is 0 Å². The van der Waals surface area contributed by atoms with Crippen molar-refractivity contribution in [2.45, 2.75) is 19.8 Å². The summed E-state index contributed by atoms with van der Waals surface area (Å²) in [7, 11) is 0. The number of halogens is 1. The van der Waals surface area contributed by atoms with E-state index in [9.17, 15) is 4.79 Å². The molecule has 0 spiro atoms. The maximum Gasteiger partial charge on any atom is 0.306 e. The van der Waals surface area contributed by atoms with E-state index in [0.717, 1.165) is 5.56 Å². The summed E-state index contributed by atoms with van der Waals surface area (Å²) in [6.45, 7) is 2.20. The van der Waals surface area contributed by atoms with E-state index < -0.39 is 0 Å². The van der Waals surface area contributed by atoms with Gasteiger partial charge in [-0.25, -0.2) is 4.98 Å². The molecule has 1 heterocycles. The second-order valence-electron chi connectivity index (χ2n) is 2.76. The van der Waals surface area contributed by atoms with Crippen LogP contribution in [0.1, 0.15) is 18.9 Å². The quantitative estimate of drug-likeness (QED) is 0.569. The molecule has 14 heavy (non-hydrogen) atoms. The van der Waals surface area contributed by atoms with Crippen LogP contribution in [-0.4, -0.2) is 17.6 Å². The fourth-order valence-corrected chi connectivity index (χ4v) is 1.29. The number of pyridine rings is 1. The highest BCUT2D eigenvalue weighted by molar-refractivity contribution is 6.30. The molecule has 0 amide bonds. The van der Waals surface area contributed by atoms with Gasteiger partial charge < -0.3 is 4.74 Å². The lowest BCUT2D eigenvalue weighted by Gasteiger charge is -2.02. The summed E-state index contributed by atoms with van der Waals surface area (Å²) in [5.74, 6) is -0.201. The largest absolute Gasteiger partial charge is 0.466 e. The molecule has 0 fully saturated rings. The molecule has 0 radical (unpaired) electrons. The first kappa shape index (κ1) is 11.0. The van der Waals surface area contributed by atoms with E-state index in [-0.39, 0.29) is 5.97 Å². The van der Waals surface area contributed by atoms with Crippen molar-refractivity contribution in [3.8, 4) is 0 Å². The lowest BCUT2D eigenvalue weighted by molar-refractivity contribution is -0.143. The first-order chi connectivity index (χ1) is 6.74. The monoisotopic (exact) mass is 213 g/mol. The second kappa shape index (κ2) is 5.60. The Labute approximate surface area is 88.1 Å². The average molecular weight is 214 g/mol. The maximum absolute atomic E-state index is 11.0. The molecule has 0 aliphatic heterocycles. The van der Waals surface area contributed by atoms with E-state index in [1.165, 1.54) is 0 Å². The number of hydrogen-bond acceptors (Lipinski definition) is 3. The molecule has 0 N–H and O–H groups in total. The Bertz CT molecular complexity index is 315. The van der Waals surface area contributed by atoms with Crippen molar-refractivity contribution in [3.05, 3.63) is 29.0 Å². The van der Waals surface area contributed by atoms with Crippen molar-refractivity contribution in [2.75, 3.05) is 6.61 Å². The Morgan fingerprint density at radius 1 is 1.64 bits per heavy atom. The van der Waals surface area contributed by atoms with Crippen molar-refractivity contribution in [2.24, 2.45) is 0 Å². The molecule has 0 saturated heterocycles. The molecule has 1 aromatic heterocycles. The van der Waals surface area contributed by atoms with Gasteiger partial charge in [0.05, 0.1) is 6.61 Å². The van der Waals surface area contributed by atoms with Gasteiger partial charge in [0.1, 0.15) is 5.15 Å². The van der Waals surface area contributed by atoms with E-state index in [2.05, 4.69) is 4.98 Å². The van der Waals surface area contributed by atoms with E-state index in [1.807, 2.05) is 6.07 Å². The molecule has 3 nitrogen and oxygen atoms in total. The van der Waals surface area contributed by atoms with E-state index >= 15 is 0 Å². The second-order valence-corrected chi connectivity index (χ2v) is 3.12. The fraction of sp³-hybridized carbons (Fsp3) is 0.400. The first-order valence-corrected chi connectivity index (χ1v) is 4.87. The standard InChI is InChI=1S/C10H12ClNO2/c1-2-14-9(13)6-5-8-4-3-7-12-10(8)11/h3-4,7H,2,5-6H2,1H3. The van der Waals surface area contributed by atoms with Gasteiger partial charge in [0.15, 0.2) is 0 Å². The summed E-state index contributed by atoms with van der Waals surface area (Å²) in [4.78, 5) is 15.0. The van der Waals surface area contributed by atoms with Crippen LogP contribution < -0.4 is 0 Å². The van der Waals surface area contributed by atoms with Gasteiger partial charge in [-0.1, -0.05) is 17.7 Å². The topological polar surface area (TPSA) is 39.2 Å². The number of hydrogen-bond donors (Lipinski definition) is 0. The molecule has 4 heteroatoms. The van der Waals surface area contributed by atoms with Crippen LogP contribution in [0.3, 0.4) is 0 Å². The van der Waals surface area contributed by atoms with Gasteiger partial charge in [0.25, 0.3) is 0 Å². The number of rotatable bonds is 4. The number of esters is 1. The number of aryl methyl sites for hydroxylation is 1. The Morgan fingerprint density at radius 3 is 3.07 bits per heavy atom. The highest BCUT2D eigenvalue weighted by Gasteiger charge is 2.05. The van der Waals surface area contributed by atoms with Crippen LogP contribution in [0.4, 0.5) is 0 Å². The third-order valence-electron chi connectivity index (χ3n) is 1.74. The average Bonchev–Trinajstić information content (AvgIpc) is 2.17. The van der Waals surface area contributed by atoms with Gasteiger partial charge in [-0.3, -0.25) is 4.79 Å². The molecule has 0 aliphatic rings. The Morgan fingerprint density at radius 2 is 2.43 bits per heavy atom. The third kappa shape index (κ3) is 3.34. The first-order valence-electron chi connectivity index (χ1n) is 4.49. The van der Waals surface area contributed by atoms with E-state index in [0.29, 0.717) is 24.6 Å². The number of aromatic nitrogens is 1. The number of carbonyl (C=O) groups is 1. The molecule has 0 saturated carbocycles. The molecular weight excluding hydrogens is 202 g/mol. The van der Waals surface area contributed by atoms with Crippen molar-refractivity contribution in [1.29, 1.82) is 0 Å². The highest BCUT2D eigenvalue weighted by Crippen LogP contribution is 2.13. The minimum absolute atomic E-state index is 0.201. The lowest BCUT2D eigenvalue weighted by Crippen LogP contribution is -2.05. The predicted octanol–water partition coefficient (Wildman–Crippen LogP) is 2.23. The van der Waals surface area contributed by atoms with E-state index in [4.69, 9.17) is 16.3 Å². The Kier molecular flexibility index (Phi) is 4.40. The third-order valence-corrected chi connectivity index (χ3v) is 2.08. The summed E-state index contributed by atoms with van der Waals surface area (Å²) < 4.78 is 4.80. The zero-order valence-corrected chi connectivity index (χ0v) is 8.75. The summed E-state index contributed by atoms with van der Waals surface area (Å²) >= 11 is 5.82. The van der Waals surface area contributed by atoms with E-state index in [1.54, 1.807) is 19.2 Å². The summed E-state index contributed by atoms with van der Waals surface area (Å²) in [6, 6.07) is 3.65. The van der Waals surface area contributed by atoms with Crippen molar-refractivity contribution >= 4 is 17.6 Å². The Balaban J connectivity index is 2.46. The predicted molar refractivity (Wildman–Crippen MR) is 54.2 cm³/mol. The molecule has 0 atom stereocenters. The fourth-order valence-electron chi connectivity index (χ4n) is 1.08. The van der Waals surface area contributed by atoms with Crippen molar-refractivity contribution < 1.29 is 9.53 Å². The number of nitrogens with zero attached hydrogens (tertiary/aromatic N) is 1. The Hall–Kier alpha value is -1.09. The summed E-state index contributed by atoms with van der Waals surface area (Å²) in [5, 5.41) is 0.455. The maximum atomic E-state index is 11.0. The van der Waals surface area contributed by atoms with Gasteiger partial charge in [0, 0.05) is 12.6 Å². The molecule has 1 rings (SSSR count). The molecule has 0 aliphatic carbocycles. The number of ether oxygens (including phenoxy) is 1. The van der Waals surface area contributed by atoms with Crippen LogP contribution in [0.15, 0.2) is 18.3 Å². The van der Waals surface area contributed by atoms with Crippen LogP contribution in [-0.2, 0) is 16.0 Å². The van der Waals surface area contributed by atoms with Gasteiger partial charge in [-0.15, -0.1) is 0 Å². The van der Waals surface area contributed by atoms with Gasteiger partial charge in [-0.2, -0.15) is 0 Å². The van der Waals surface area contributed by atoms with Crippen LogP contribution in [0.5, 0.6) is 0 Å². The van der Waals surface area contributed by atoms with Crippen LogP contribution in [0.25, 0.3) is 0 Å². The lowest BCUT2D eigenvalue weighted by atomic mass is 10.1. The van der Waals surface area contributed by atoms with Crippen LogP contribution >= 0.6 is 11.6 Å². The minimum atomic E-state index is -0.201. The van der Waals surface area contributed by atoms with Gasteiger partial charge in [-0.05, 0) is 25.0 Å². The van der Waals surface area contributed by atoms with Gasteiger partial charge in [0.2, 0.25) is 0 Å². The SMILES string of the molecule is CCOC(=O)CCc1cccnc1Cl. The van der Waals surface area contributed by atoms with Crippen molar-refractivity contribution in [1.82, 2.24) is 4.98 Å². The zero-order chi connectivity index (χ0) is 10.4.